The number of esters is 2. The third-order valence-electron chi connectivity index (χ3n) is 6.21. The first kappa shape index (κ1) is 16.6. The predicted molar refractivity (Wildman–Crippen MR) is 92.9 cm³/mol. The maximum Gasteiger partial charge on any atom is 0.338 e. The van der Waals surface area contributed by atoms with Gasteiger partial charge in [0.2, 0.25) is 0 Å². The van der Waals surface area contributed by atoms with E-state index in [9.17, 15) is 9.59 Å². The van der Waals surface area contributed by atoms with Crippen molar-refractivity contribution >= 4 is 11.9 Å². The third kappa shape index (κ3) is 3.44. The molecular weight excluding hydrogens is 316 g/mol. The minimum absolute atomic E-state index is 0.0401. The number of hydrogen-bond donors (Lipinski definition) is 0. The molecule has 0 spiro atoms. The van der Waals surface area contributed by atoms with Gasteiger partial charge in [0.15, 0.2) is 0 Å². The van der Waals surface area contributed by atoms with Crippen molar-refractivity contribution in [3.8, 4) is 0 Å². The topological polar surface area (TPSA) is 52.6 Å². The molecule has 0 N–H and O–H groups in total. The van der Waals surface area contributed by atoms with Crippen molar-refractivity contribution in [2.75, 3.05) is 0 Å². The highest BCUT2D eigenvalue weighted by molar-refractivity contribution is 5.89. The lowest BCUT2D eigenvalue weighted by atomic mass is 9.89. The van der Waals surface area contributed by atoms with Gasteiger partial charge in [0, 0.05) is 11.8 Å². The van der Waals surface area contributed by atoms with Crippen molar-refractivity contribution in [2.24, 2.45) is 17.8 Å². The quantitative estimate of drug-likeness (QED) is 0.772. The monoisotopic (exact) mass is 342 g/mol. The van der Waals surface area contributed by atoms with Gasteiger partial charge >= 0.3 is 11.9 Å². The van der Waals surface area contributed by atoms with E-state index in [0.29, 0.717) is 17.4 Å². The van der Waals surface area contributed by atoms with Crippen molar-refractivity contribution in [3.63, 3.8) is 0 Å². The van der Waals surface area contributed by atoms with E-state index in [0.717, 1.165) is 44.9 Å². The average Bonchev–Trinajstić information content (AvgIpc) is 3.26. The second-order valence-corrected chi connectivity index (χ2v) is 7.81. The summed E-state index contributed by atoms with van der Waals surface area (Å²) in [5, 5.41) is 0. The summed E-state index contributed by atoms with van der Waals surface area (Å²) in [7, 11) is 0. The fourth-order valence-electron chi connectivity index (χ4n) is 4.85. The van der Waals surface area contributed by atoms with Gasteiger partial charge in [-0.15, -0.1) is 0 Å². The van der Waals surface area contributed by atoms with E-state index in [2.05, 4.69) is 0 Å². The van der Waals surface area contributed by atoms with Crippen LogP contribution < -0.4 is 0 Å². The molecule has 3 aliphatic carbocycles. The van der Waals surface area contributed by atoms with E-state index in [1.165, 1.54) is 6.42 Å². The normalized spacial score (nSPS) is 31.7. The maximum atomic E-state index is 12.6. The lowest BCUT2D eigenvalue weighted by Crippen LogP contribution is -2.41. The molecule has 0 unspecified atom stereocenters. The van der Waals surface area contributed by atoms with Crippen LogP contribution in [0.4, 0.5) is 0 Å². The highest BCUT2D eigenvalue weighted by atomic mass is 16.6. The number of rotatable bonds is 4. The van der Waals surface area contributed by atoms with Gasteiger partial charge in [-0.25, -0.2) is 4.79 Å². The molecule has 0 aliphatic heterocycles. The zero-order valence-corrected chi connectivity index (χ0v) is 14.6. The maximum absolute atomic E-state index is 12.6. The molecule has 4 heteroatoms. The van der Waals surface area contributed by atoms with Crippen molar-refractivity contribution < 1.29 is 19.1 Å². The molecule has 3 fully saturated rings. The molecule has 4 atom stereocenters. The summed E-state index contributed by atoms with van der Waals surface area (Å²) in [5.41, 5.74) is 0.558. The average molecular weight is 342 g/mol. The van der Waals surface area contributed by atoms with E-state index in [1.807, 2.05) is 18.2 Å². The van der Waals surface area contributed by atoms with Crippen LogP contribution in [0.15, 0.2) is 30.3 Å². The minimum atomic E-state index is -0.308. The molecule has 0 aromatic heterocycles. The molecule has 134 valence electrons. The van der Waals surface area contributed by atoms with Crippen LogP contribution in [0.2, 0.25) is 0 Å². The van der Waals surface area contributed by atoms with Crippen molar-refractivity contribution in [1.29, 1.82) is 0 Å². The van der Waals surface area contributed by atoms with E-state index in [1.54, 1.807) is 12.1 Å². The molecule has 0 radical (unpaired) electrons. The van der Waals surface area contributed by atoms with Crippen LogP contribution in [-0.2, 0) is 14.3 Å². The van der Waals surface area contributed by atoms with E-state index in [-0.39, 0.29) is 30.1 Å². The lowest BCUT2D eigenvalue weighted by molar-refractivity contribution is -0.165. The SMILES string of the molecule is O=C(O[C@@H]1[C@H]2CC[C@H](C2)[C@@H]1OC(=O)C1CCCCC1)c1ccccc1. The second-order valence-electron chi connectivity index (χ2n) is 7.81. The Morgan fingerprint density at radius 2 is 1.44 bits per heavy atom. The zero-order valence-electron chi connectivity index (χ0n) is 14.6. The lowest BCUT2D eigenvalue weighted by Gasteiger charge is -2.32. The fourth-order valence-corrected chi connectivity index (χ4v) is 4.85. The number of carbonyl (C=O) groups excluding carboxylic acids is 2. The van der Waals surface area contributed by atoms with Gasteiger partial charge in [-0.3, -0.25) is 4.79 Å². The van der Waals surface area contributed by atoms with Gasteiger partial charge in [-0.05, 0) is 44.2 Å². The molecule has 0 saturated heterocycles. The van der Waals surface area contributed by atoms with E-state index < -0.39 is 0 Å². The Morgan fingerprint density at radius 3 is 2.12 bits per heavy atom. The van der Waals surface area contributed by atoms with E-state index in [4.69, 9.17) is 9.47 Å². The Balaban J connectivity index is 1.43. The van der Waals surface area contributed by atoms with Crippen LogP contribution >= 0.6 is 0 Å². The molecule has 1 aromatic carbocycles. The Morgan fingerprint density at radius 1 is 0.800 bits per heavy atom. The third-order valence-corrected chi connectivity index (χ3v) is 6.21. The Bertz CT molecular complexity index is 620. The van der Waals surface area contributed by atoms with Crippen LogP contribution in [0.5, 0.6) is 0 Å². The summed E-state index contributed by atoms with van der Waals surface area (Å²) in [6.07, 6.45) is 7.94. The Kier molecular flexibility index (Phi) is 4.78. The first-order valence-corrected chi connectivity index (χ1v) is 9.69. The van der Waals surface area contributed by atoms with Gasteiger partial charge < -0.3 is 9.47 Å². The first-order chi connectivity index (χ1) is 12.2. The standard InChI is InChI=1S/C21H26O4/c22-20(14-7-3-1-4-8-14)24-18-16-11-12-17(13-16)19(18)25-21(23)15-9-5-2-6-10-15/h1,3-4,7-8,15-19H,2,5-6,9-13H2/t16-,17+,18+,19-/m0/s1. The van der Waals surface area contributed by atoms with Gasteiger partial charge in [0.25, 0.3) is 0 Å². The molecule has 1 aromatic rings. The molecule has 0 heterocycles. The summed E-state index contributed by atoms with van der Waals surface area (Å²) in [6, 6.07) is 9.07. The van der Waals surface area contributed by atoms with Gasteiger partial charge in [-0.2, -0.15) is 0 Å². The molecule has 0 amide bonds. The highest BCUT2D eigenvalue weighted by Crippen LogP contribution is 2.48. The number of benzene rings is 1. The molecule has 4 rings (SSSR count). The highest BCUT2D eigenvalue weighted by Gasteiger charge is 2.52. The first-order valence-electron chi connectivity index (χ1n) is 9.69. The number of carbonyl (C=O) groups is 2. The second kappa shape index (κ2) is 7.19. The van der Waals surface area contributed by atoms with Crippen LogP contribution in [0, 0.1) is 17.8 Å². The smallest absolute Gasteiger partial charge is 0.338 e. The fraction of sp³-hybridized carbons (Fsp3) is 0.619. The van der Waals surface area contributed by atoms with Crippen LogP contribution in [0.3, 0.4) is 0 Å². The van der Waals surface area contributed by atoms with Gasteiger partial charge in [0.1, 0.15) is 12.2 Å². The molecule has 2 bridgehead atoms. The van der Waals surface area contributed by atoms with E-state index >= 15 is 0 Å². The minimum Gasteiger partial charge on any atom is -0.458 e. The van der Waals surface area contributed by atoms with Crippen LogP contribution in [0.1, 0.15) is 61.7 Å². The molecule has 25 heavy (non-hydrogen) atoms. The molecule has 3 saturated carbocycles. The number of fused-ring (bicyclic) bond motifs is 2. The largest absolute Gasteiger partial charge is 0.458 e. The van der Waals surface area contributed by atoms with Gasteiger partial charge in [0.05, 0.1) is 11.5 Å². The molecule has 4 nitrogen and oxygen atoms in total. The zero-order chi connectivity index (χ0) is 17.2. The number of hydrogen-bond acceptors (Lipinski definition) is 4. The number of ether oxygens (including phenoxy) is 2. The van der Waals surface area contributed by atoms with Crippen molar-refractivity contribution in [3.05, 3.63) is 35.9 Å². The van der Waals surface area contributed by atoms with Crippen molar-refractivity contribution in [2.45, 2.75) is 63.6 Å². The summed E-state index contributed by atoms with van der Waals surface area (Å²) < 4.78 is 11.7. The summed E-state index contributed by atoms with van der Waals surface area (Å²) in [5.74, 6) is 0.348. The molecule has 3 aliphatic rings. The Labute approximate surface area is 148 Å². The summed E-state index contributed by atoms with van der Waals surface area (Å²) in [4.78, 5) is 25.0. The van der Waals surface area contributed by atoms with Crippen LogP contribution in [-0.4, -0.2) is 24.1 Å². The van der Waals surface area contributed by atoms with Crippen molar-refractivity contribution in [1.82, 2.24) is 0 Å². The Hall–Kier alpha value is -1.84. The van der Waals surface area contributed by atoms with Crippen LogP contribution in [0.25, 0.3) is 0 Å². The summed E-state index contributed by atoms with van der Waals surface area (Å²) >= 11 is 0. The van der Waals surface area contributed by atoms with Gasteiger partial charge in [-0.1, -0.05) is 37.5 Å². The molecular formula is C21H26O4. The predicted octanol–water partition coefficient (Wildman–Crippen LogP) is 4.13. The summed E-state index contributed by atoms with van der Waals surface area (Å²) in [6.45, 7) is 0.